The molecule has 0 saturated carbocycles. The molecule has 4 aromatic carbocycles. The first-order valence-electron chi connectivity index (χ1n) is 23.5. The zero-order valence-electron chi connectivity index (χ0n) is 38.9. The molecule has 2 aromatic heterocycles. The van der Waals surface area contributed by atoms with E-state index in [9.17, 15) is 23.3 Å². The van der Waals surface area contributed by atoms with Gasteiger partial charge in [0.05, 0.1) is 29.2 Å². The molecule has 4 heterocycles. The van der Waals surface area contributed by atoms with Crippen molar-refractivity contribution in [2.75, 3.05) is 82.3 Å². The summed E-state index contributed by atoms with van der Waals surface area (Å²) < 4.78 is 42.0. The van der Waals surface area contributed by atoms with Crippen LogP contribution in [0.5, 0.6) is 11.5 Å². The third-order valence-corrected chi connectivity index (χ3v) is 14.9. The number of nitro groups is 1. The van der Waals surface area contributed by atoms with Crippen molar-refractivity contribution >= 4 is 61.2 Å². The molecule has 2 aliphatic heterocycles. The number of nitrogens with zero attached hydrogens (tertiary/aromatic N) is 5. The molecule has 1 amide bonds. The molecule has 3 N–H and O–H groups in total. The number of carbonyl (C=O) groups is 1. The second-order valence-electron chi connectivity index (χ2n) is 18.7. The third kappa shape index (κ3) is 11.4. The van der Waals surface area contributed by atoms with Crippen LogP contribution in [0.25, 0.3) is 27.7 Å². The highest BCUT2D eigenvalue weighted by Gasteiger charge is 2.31. The largest absolute Gasteiger partial charge is 0.455 e. The fourth-order valence-corrected chi connectivity index (χ4v) is 10.6. The summed E-state index contributed by atoms with van der Waals surface area (Å²) in [5.41, 5.74) is 6.74. The van der Waals surface area contributed by atoms with Crippen LogP contribution in [0.3, 0.4) is 0 Å². The van der Waals surface area contributed by atoms with Gasteiger partial charge in [-0.2, -0.15) is 0 Å². The van der Waals surface area contributed by atoms with E-state index in [1.807, 2.05) is 54.6 Å². The number of hydrogen-bond acceptors (Lipinski definition) is 12. The number of aromatic amines is 1. The predicted molar refractivity (Wildman–Crippen MR) is 271 cm³/mol. The van der Waals surface area contributed by atoms with Gasteiger partial charge in [-0.3, -0.25) is 24.7 Å². The minimum absolute atomic E-state index is 0.0752. The highest BCUT2D eigenvalue weighted by atomic mass is 35.5. The first-order valence-corrected chi connectivity index (χ1v) is 25.3. The Hall–Kier alpha value is -6.30. The molecule has 0 radical (unpaired) electrons. The summed E-state index contributed by atoms with van der Waals surface area (Å²) in [6.45, 7) is 12.9. The molecule has 2 saturated heterocycles. The zero-order valence-corrected chi connectivity index (χ0v) is 40.5. The normalized spacial score (nSPS) is 16.9. The van der Waals surface area contributed by atoms with Gasteiger partial charge in [-0.25, -0.2) is 18.1 Å². The number of morpholine rings is 1. The fourth-order valence-electron chi connectivity index (χ4n) is 9.49. The monoisotopic (exact) mass is 972 g/mol. The minimum atomic E-state index is -4.59. The number of sulfonamides is 1. The number of ether oxygens (including phenoxy) is 2. The lowest BCUT2D eigenvalue weighted by molar-refractivity contribution is -0.384. The Labute approximate surface area is 407 Å². The van der Waals surface area contributed by atoms with E-state index in [0.717, 1.165) is 100 Å². The van der Waals surface area contributed by atoms with Gasteiger partial charge >= 0.3 is 0 Å². The van der Waals surface area contributed by atoms with Crippen molar-refractivity contribution in [3.05, 3.63) is 141 Å². The van der Waals surface area contributed by atoms with Gasteiger partial charge in [0.1, 0.15) is 22.8 Å². The van der Waals surface area contributed by atoms with Gasteiger partial charge in [0.15, 0.2) is 0 Å². The lowest BCUT2D eigenvalue weighted by atomic mass is 9.72. The molecule has 9 rings (SSSR count). The summed E-state index contributed by atoms with van der Waals surface area (Å²) in [6.07, 6.45) is 7.31. The van der Waals surface area contributed by atoms with Crippen molar-refractivity contribution in [3.8, 4) is 22.6 Å². The number of carbonyl (C=O) groups excluding carboxylic acids is 1. The van der Waals surface area contributed by atoms with Crippen LogP contribution in [-0.2, 0) is 14.8 Å². The Kier molecular flexibility index (Phi) is 14.4. The smallest absolute Gasteiger partial charge is 0.293 e. The number of rotatable bonds is 16. The highest BCUT2D eigenvalue weighted by molar-refractivity contribution is 7.90. The summed E-state index contributed by atoms with van der Waals surface area (Å²) in [5, 5.41) is 16.9. The molecule has 15 nitrogen and oxygen atoms in total. The first-order chi connectivity index (χ1) is 33.3. The molecule has 0 bridgehead atoms. The standard InChI is InChI=1S/C52H57ClN8O7S/c1-52(2)18-16-38(46(33-52)36-8-10-39(53)11-9-36)35-59-22-24-60(25-23-59)40-12-14-44(45(31-40)43-6-3-4-7-49(43)68-41-30-37-17-20-55-50(37)56-34-41)51(62)57-69(65,66)42-13-15-47(48(32-42)61(63)64)54-19-5-21-58-26-28-67-29-27-58/h3-4,6-15,17,20,30-32,34,54H,5,16,18-19,21-29,33,35H2,1-2H3,(H,55,56)(H,57,62). The van der Waals surface area contributed by atoms with Crippen molar-refractivity contribution in [1.82, 2.24) is 24.5 Å². The summed E-state index contributed by atoms with van der Waals surface area (Å²) in [4.78, 5) is 40.2. The SMILES string of the molecule is CC1(C)CCC(CN2CCN(c3ccc(C(=O)NS(=O)(=O)c4ccc(NCCCN5CCOCC5)c([N+](=O)[O-])c4)c(-c4ccccc4Oc4cnc5[nH]ccc5c4)c3)CC2)=C(c2ccc(Cl)cc2)C1. The van der Waals surface area contributed by atoms with Gasteiger partial charge in [-0.1, -0.05) is 61.4 Å². The van der Waals surface area contributed by atoms with E-state index in [2.05, 4.69) is 60.7 Å². The van der Waals surface area contributed by atoms with Crippen molar-refractivity contribution < 1.29 is 27.6 Å². The van der Waals surface area contributed by atoms with Crippen LogP contribution in [-0.4, -0.2) is 111 Å². The number of amides is 1. The van der Waals surface area contributed by atoms with Crippen LogP contribution in [0.15, 0.2) is 120 Å². The molecule has 6 aromatic rings. The van der Waals surface area contributed by atoms with E-state index in [4.69, 9.17) is 21.1 Å². The number of H-pyrrole nitrogens is 1. The van der Waals surface area contributed by atoms with Crippen LogP contribution in [0, 0.1) is 15.5 Å². The van der Waals surface area contributed by atoms with Crippen LogP contribution in [0.4, 0.5) is 17.1 Å². The minimum Gasteiger partial charge on any atom is -0.455 e. The Bertz CT molecular complexity index is 2980. The molecule has 0 unspecified atom stereocenters. The molecule has 3 aliphatic rings. The Morgan fingerprint density at radius 1 is 0.928 bits per heavy atom. The molecule has 2 fully saturated rings. The quantitative estimate of drug-likeness (QED) is 0.0477. The summed E-state index contributed by atoms with van der Waals surface area (Å²) >= 11 is 6.28. The topological polar surface area (TPSA) is 175 Å². The molecule has 69 heavy (non-hydrogen) atoms. The summed E-state index contributed by atoms with van der Waals surface area (Å²) in [5.74, 6) is 0.0000215. The maximum absolute atomic E-state index is 14.4. The Morgan fingerprint density at radius 2 is 1.71 bits per heavy atom. The predicted octanol–water partition coefficient (Wildman–Crippen LogP) is 9.62. The number of piperazine rings is 1. The number of hydrogen-bond donors (Lipinski definition) is 3. The van der Waals surface area contributed by atoms with E-state index in [0.29, 0.717) is 48.0 Å². The Morgan fingerprint density at radius 3 is 2.49 bits per heavy atom. The van der Waals surface area contributed by atoms with Crippen LogP contribution >= 0.6 is 11.6 Å². The van der Waals surface area contributed by atoms with Gasteiger partial charge in [0.25, 0.3) is 21.6 Å². The van der Waals surface area contributed by atoms with Gasteiger partial charge in [-0.15, -0.1) is 0 Å². The molecular formula is C52H57ClN8O7S. The number of fused-ring (bicyclic) bond motifs is 1. The highest BCUT2D eigenvalue weighted by Crippen LogP contribution is 2.44. The van der Waals surface area contributed by atoms with Crippen LogP contribution < -0.4 is 19.7 Å². The maximum atomic E-state index is 14.4. The molecule has 1 aliphatic carbocycles. The number of nitrogens with one attached hydrogen (secondary N) is 3. The number of para-hydroxylation sites is 1. The van der Waals surface area contributed by atoms with E-state index < -0.39 is 31.4 Å². The van der Waals surface area contributed by atoms with Gasteiger partial charge in [0, 0.05) is 97.4 Å². The lowest BCUT2D eigenvalue weighted by Gasteiger charge is -2.39. The van der Waals surface area contributed by atoms with Crippen LogP contribution in [0.2, 0.25) is 5.02 Å². The Balaban J connectivity index is 0.966. The maximum Gasteiger partial charge on any atom is 0.293 e. The molecule has 0 spiro atoms. The molecule has 17 heteroatoms. The number of anilines is 2. The number of allylic oxidation sites excluding steroid dienone is 1. The van der Waals surface area contributed by atoms with E-state index >= 15 is 0 Å². The van der Waals surface area contributed by atoms with E-state index in [1.54, 1.807) is 24.5 Å². The van der Waals surface area contributed by atoms with Crippen LogP contribution in [0.1, 0.15) is 55.5 Å². The zero-order chi connectivity index (χ0) is 48.1. The van der Waals surface area contributed by atoms with Crippen molar-refractivity contribution in [3.63, 3.8) is 0 Å². The number of aromatic nitrogens is 2. The fraction of sp³-hybridized carbons (Fsp3) is 0.346. The van der Waals surface area contributed by atoms with Gasteiger partial charge in [-0.05, 0) is 109 Å². The second-order valence-corrected chi connectivity index (χ2v) is 20.8. The van der Waals surface area contributed by atoms with E-state index in [1.165, 1.54) is 28.8 Å². The first kappa shape index (κ1) is 47.8. The molecule has 360 valence electrons. The number of nitro benzene ring substituents is 1. The average Bonchev–Trinajstić information content (AvgIpc) is 3.82. The lowest BCUT2D eigenvalue weighted by Crippen LogP contribution is -2.47. The van der Waals surface area contributed by atoms with Crippen molar-refractivity contribution in [2.45, 2.75) is 44.4 Å². The van der Waals surface area contributed by atoms with Gasteiger partial charge < -0.3 is 24.7 Å². The van der Waals surface area contributed by atoms with Crippen molar-refractivity contribution in [1.29, 1.82) is 0 Å². The number of pyridine rings is 1. The third-order valence-electron chi connectivity index (χ3n) is 13.3. The molecule has 0 atom stereocenters. The van der Waals surface area contributed by atoms with Gasteiger partial charge in [0.2, 0.25) is 0 Å². The number of benzene rings is 4. The number of halogens is 1. The van der Waals surface area contributed by atoms with E-state index in [-0.39, 0.29) is 16.7 Å². The summed E-state index contributed by atoms with van der Waals surface area (Å²) in [6, 6.07) is 28.2. The van der Waals surface area contributed by atoms with Crippen molar-refractivity contribution in [2.24, 2.45) is 5.41 Å². The second kappa shape index (κ2) is 20.7. The molecular weight excluding hydrogens is 916 g/mol. The summed E-state index contributed by atoms with van der Waals surface area (Å²) in [7, 11) is -4.59. The average molecular weight is 974 g/mol.